The number of pyridine rings is 1. The number of rotatable bonds is 11. The number of hydrogen-bond acceptors (Lipinski definition) is 4. The second-order valence-electron chi connectivity index (χ2n) is 8.32. The Morgan fingerprint density at radius 1 is 0.857 bits per heavy atom. The summed E-state index contributed by atoms with van der Waals surface area (Å²) in [5.41, 5.74) is 4.83. The van der Waals surface area contributed by atoms with E-state index in [4.69, 9.17) is 4.74 Å². The summed E-state index contributed by atoms with van der Waals surface area (Å²) in [7, 11) is 0. The van der Waals surface area contributed by atoms with Crippen molar-refractivity contribution in [1.82, 2.24) is 4.98 Å². The number of aryl methyl sites for hydroxylation is 1. The molecule has 0 saturated carbocycles. The molecular formula is C28H30F3NO3. The van der Waals surface area contributed by atoms with Gasteiger partial charge in [-0.2, -0.15) is 13.2 Å². The summed E-state index contributed by atoms with van der Waals surface area (Å²) in [6.07, 6.45) is -0.649. The average Bonchev–Trinajstić information content (AvgIpc) is 2.85. The maximum atomic E-state index is 13.1. The second kappa shape index (κ2) is 12.5. The molecular weight excluding hydrogens is 455 g/mol. The SMILES string of the molecule is CCCCCc1ccc(-c2ccc(-c3ccc(OC(=O)C(OCCC)C(F)(F)F)cc3)cn2)cc1. The van der Waals surface area contributed by atoms with Gasteiger partial charge in [-0.25, -0.2) is 4.79 Å². The molecule has 0 spiro atoms. The molecule has 0 aliphatic heterocycles. The summed E-state index contributed by atoms with van der Waals surface area (Å²) in [6, 6.07) is 18.5. The van der Waals surface area contributed by atoms with Crippen LogP contribution in [0.1, 0.15) is 45.1 Å². The quantitative estimate of drug-likeness (QED) is 0.161. The fourth-order valence-corrected chi connectivity index (χ4v) is 3.57. The largest absolute Gasteiger partial charge is 0.425 e. The smallest absolute Gasteiger partial charge is 0.424 e. The topological polar surface area (TPSA) is 48.4 Å². The van der Waals surface area contributed by atoms with Crippen LogP contribution in [0, 0.1) is 0 Å². The van der Waals surface area contributed by atoms with Gasteiger partial charge in [0.25, 0.3) is 6.10 Å². The van der Waals surface area contributed by atoms with Crippen molar-refractivity contribution in [2.24, 2.45) is 0 Å². The molecule has 3 rings (SSSR count). The Morgan fingerprint density at radius 2 is 1.51 bits per heavy atom. The van der Waals surface area contributed by atoms with Crippen molar-refractivity contribution in [2.75, 3.05) is 6.61 Å². The highest BCUT2D eigenvalue weighted by Gasteiger charge is 2.47. The number of benzene rings is 2. The number of carbonyl (C=O) groups is 1. The summed E-state index contributed by atoms with van der Waals surface area (Å²) < 4.78 is 48.8. The van der Waals surface area contributed by atoms with Crippen LogP contribution in [0.3, 0.4) is 0 Å². The lowest BCUT2D eigenvalue weighted by Gasteiger charge is -2.19. The Bertz CT molecular complexity index is 1060. The number of aromatic nitrogens is 1. The third-order valence-corrected chi connectivity index (χ3v) is 5.49. The van der Waals surface area contributed by atoms with Crippen molar-refractivity contribution in [3.63, 3.8) is 0 Å². The third kappa shape index (κ3) is 7.65. The molecule has 7 heteroatoms. The molecule has 3 aromatic rings. The van der Waals surface area contributed by atoms with Gasteiger partial charge in [0, 0.05) is 23.9 Å². The van der Waals surface area contributed by atoms with Crippen molar-refractivity contribution in [1.29, 1.82) is 0 Å². The molecule has 186 valence electrons. The van der Waals surface area contributed by atoms with Crippen LogP contribution in [0.5, 0.6) is 5.75 Å². The molecule has 4 nitrogen and oxygen atoms in total. The number of halogens is 3. The molecule has 2 aromatic carbocycles. The normalized spacial score (nSPS) is 12.4. The molecule has 0 bridgehead atoms. The molecule has 1 unspecified atom stereocenters. The van der Waals surface area contributed by atoms with Gasteiger partial charge < -0.3 is 9.47 Å². The minimum atomic E-state index is -4.84. The highest BCUT2D eigenvalue weighted by atomic mass is 19.4. The third-order valence-electron chi connectivity index (χ3n) is 5.49. The van der Waals surface area contributed by atoms with Gasteiger partial charge in [-0.05, 0) is 48.6 Å². The van der Waals surface area contributed by atoms with Gasteiger partial charge in [0.2, 0.25) is 0 Å². The van der Waals surface area contributed by atoms with Crippen LogP contribution in [0.2, 0.25) is 0 Å². The van der Waals surface area contributed by atoms with E-state index in [9.17, 15) is 18.0 Å². The van der Waals surface area contributed by atoms with E-state index in [0.29, 0.717) is 6.42 Å². The van der Waals surface area contributed by atoms with E-state index < -0.39 is 18.2 Å². The molecule has 0 aliphatic carbocycles. The van der Waals surface area contributed by atoms with Gasteiger partial charge in [-0.15, -0.1) is 0 Å². The van der Waals surface area contributed by atoms with Crippen molar-refractivity contribution in [2.45, 2.75) is 58.2 Å². The standard InChI is InChI=1S/C28H30F3NO3/c1-3-5-6-7-20-8-10-22(11-9-20)25-17-14-23(19-32-25)21-12-15-24(16-13-21)35-27(33)26(28(29,30)31)34-18-4-2/h8-17,19,26H,3-7,18H2,1-2H3. The highest BCUT2D eigenvalue weighted by Crippen LogP contribution is 2.27. The Kier molecular flexibility index (Phi) is 9.43. The van der Waals surface area contributed by atoms with E-state index in [1.165, 1.54) is 37.0 Å². The van der Waals surface area contributed by atoms with E-state index in [2.05, 4.69) is 40.9 Å². The van der Waals surface area contributed by atoms with Gasteiger partial charge in [-0.3, -0.25) is 4.98 Å². The minimum absolute atomic E-state index is 0.0108. The lowest BCUT2D eigenvalue weighted by Crippen LogP contribution is -2.41. The van der Waals surface area contributed by atoms with Crippen LogP contribution in [0.4, 0.5) is 13.2 Å². The zero-order valence-corrected chi connectivity index (χ0v) is 20.0. The molecule has 0 fully saturated rings. The molecule has 0 amide bonds. The molecule has 1 heterocycles. The first-order chi connectivity index (χ1) is 16.8. The first-order valence-corrected chi connectivity index (χ1v) is 11.9. The number of hydrogen-bond donors (Lipinski definition) is 0. The van der Waals surface area contributed by atoms with Gasteiger partial charge in [0.1, 0.15) is 5.75 Å². The zero-order valence-electron chi connectivity index (χ0n) is 20.0. The van der Waals surface area contributed by atoms with Crippen molar-refractivity contribution in [3.05, 3.63) is 72.4 Å². The summed E-state index contributed by atoms with van der Waals surface area (Å²) in [5.74, 6) is -1.47. The van der Waals surface area contributed by atoms with E-state index in [0.717, 1.165) is 28.8 Å². The summed E-state index contributed by atoms with van der Waals surface area (Å²) in [6.45, 7) is 3.66. The van der Waals surface area contributed by atoms with Gasteiger partial charge in [0.05, 0.1) is 5.69 Å². The van der Waals surface area contributed by atoms with Gasteiger partial charge in [0.15, 0.2) is 0 Å². The van der Waals surface area contributed by atoms with Gasteiger partial charge >= 0.3 is 12.1 Å². The monoisotopic (exact) mass is 485 g/mol. The number of carbonyl (C=O) groups excluding carboxylic acids is 1. The summed E-state index contributed by atoms with van der Waals surface area (Å²) >= 11 is 0. The van der Waals surface area contributed by atoms with Crippen LogP contribution in [0.25, 0.3) is 22.4 Å². The summed E-state index contributed by atoms with van der Waals surface area (Å²) in [4.78, 5) is 16.6. The van der Waals surface area contributed by atoms with Crippen molar-refractivity contribution < 1.29 is 27.4 Å². The van der Waals surface area contributed by atoms with E-state index >= 15 is 0 Å². The van der Waals surface area contributed by atoms with Crippen LogP contribution in [-0.4, -0.2) is 29.8 Å². The molecule has 1 aromatic heterocycles. The first kappa shape index (κ1) is 26.4. The minimum Gasteiger partial charge on any atom is -0.424 e. The van der Waals surface area contributed by atoms with Crippen LogP contribution in [0.15, 0.2) is 66.9 Å². The summed E-state index contributed by atoms with van der Waals surface area (Å²) in [5, 5.41) is 0. The van der Waals surface area contributed by atoms with Crippen LogP contribution in [-0.2, 0) is 16.0 Å². The van der Waals surface area contributed by atoms with E-state index in [1.807, 2.05) is 12.1 Å². The Labute approximate surface area is 204 Å². The van der Waals surface area contributed by atoms with E-state index in [-0.39, 0.29) is 12.4 Å². The highest BCUT2D eigenvalue weighted by molar-refractivity contribution is 5.78. The lowest BCUT2D eigenvalue weighted by atomic mass is 10.0. The zero-order chi connectivity index (χ0) is 25.3. The number of esters is 1. The number of ether oxygens (including phenoxy) is 2. The molecule has 1 atom stereocenters. The lowest BCUT2D eigenvalue weighted by molar-refractivity contribution is -0.225. The number of nitrogens with zero attached hydrogens (tertiary/aromatic N) is 1. The fraction of sp³-hybridized carbons (Fsp3) is 0.357. The van der Waals surface area contributed by atoms with Crippen LogP contribution < -0.4 is 4.74 Å². The fourth-order valence-electron chi connectivity index (χ4n) is 3.57. The number of unbranched alkanes of at least 4 members (excludes halogenated alkanes) is 2. The molecule has 35 heavy (non-hydrogen) atoms. The first-order valence-electron chi connectivity index (χ1n) is 11.9. The molecule has 0 N–H and O–H groups in total. The Balaban J connectivity index is 1.63. The molecule has 0 radical (unpaired) electrons. The average molecular weight is 486 g/mol. The molecule has 0 saturated heterocycles. The van der Waals surface area contributed by atoms with Crippen molar-refractivity contribution in [3.8, 4) is 28.1 Å². The van der Waals surface area contributed by atoms with Crippen LogP contribution >= 0.6 is 0 Å². The predicted molar refractivity (Wildman–Crippen MR) is 130 cm³/mol. The van der Waals surface area contributed by atoms with E-state index in [1.54, 1.807) is 25.3 Å². The predicted octanol–water partition coefficient (Wildman–Crippen LogP) is 7.41. The number of alkyl halides is 3. The Morgan fingerprint density at radius 3 is 2.09 bits per heavy atom. The molecule has 0 aliphatic rings. The van der Waals surface area contributed by atoms with Gasteiger partial charge in [-0.1, -0.05) is 69.2 Å². The Hall–Kier alpha value is -3.19. The maximum Gasteiger partial charge on any atom is 0.425 e. The maximum absolute atomic E-state index is 13.1. The second-order valence-corrected chi connectivity index (χ2v) is 8.32. The van der Waals surface area contributed by atoms with Crippen molar-refractivity contribution >= 4 is 5.97 Å².